The molecule has 100 valence electrons. The lowest BCUT2D eigenvalue weighted by molar-refractivity contribution is 0.886. The van der Waals surface area contributed by atoms with E-state index in [1.54, 1.807) is 6.07 Å². The van der Waals surface area contributed by atoms with Crippen LogP contribution in [0.5, 0.6) is 0 Å². The highest BCUT2D eigenvalue weighted by Crippen LogP contribution is 2.27. The first-order chi connectivity index (χ1) is 9.86. The van der Waals surface area contributed by atoms with E-state index in [1.165, 1.54) is 29.9 Å². The number of nitrogens with zero attached hydrogens (tertiary/aromatic N) is 3. The third-order valence-electron chi connectivity index (χ3n) is 3.32. The average molecular weight is 282 g/mol. The number of nitriles is 1. The van der Waals surface area contributed by atoms with Crippen molar-refractivity contribution in [2.75, 3.05) is 5.43 Å². The van der Waals surface area contributed by atoms with E-state index in [0.29, 0.717) is 5.56 Å². The normalized spacial score (nSPS) is 14.1. The lowest BCUT2D eigenvalue weighted by atomic mass is 10.1. The number of aromatic nitrogens is 1. The Kier molecular flexibility index (Phi) is 3.75. The third kappa shape index (κ3) is 2.70. The molecule has 20 heavy (non-hydrogen) atoms. The van der Waals surface area contributed by atoms with Crippen molar-refractivity contribution < 1.29 is 0 Å². The predicted molar refractivity (Wildman–Crippen MR) is 81.8 cm³/mol. The van der Waals surface area contributed by atoms with E-state index in [4.69, 9.17) is 5.26 Å². The topological polar surface area (TPSA) is 61.1 Å². The second-order valence-corrected chi connectivity index (χ2v) is 5.55. The first kappa shape index (κ1) is 12.8. The summed E-state index contributed by atoms with van der Waals surface area (Å²) in [6.07, 6.45) is 4.64. The second-order valence-electron chi connectivity index (χ2n) is 4.69. The van der Waals surface area contributed by atoms with Crippen LogP contribution < -0.4 is 5.43 Å². The summed E-state index contributed by atoms with van der Waals surface area (Å²) in [5.41, 5.74) is 6.58. The van der Waals surface area contributed by atoms with E-state index in [1.807, 2.05) is 23.6 Å². The van der Waals surface area contributed by atoms with Gasteiger partial charge in [-0.25, -0.2) is 4.98 Å². The van der Waals surface area contributed by atoms with Crippen molar-refractivity contribution in [3.8, 4) is 17.3 Å². The van der Waals surface area contributed by atoms with Gasteiger partial charge in [-0.15, -0.1) is 11.3 Å². The molecule has 1 heterocycles. The van der Waals surface area contributed by atoms with Crippen LogP contribution in [0, 0.1) is 11.3 Å². The molecule has 1 aromatic heterocycles. The summed E-state index contributed by atoms with van der Waals surface area (Å²) in [4.78, 5) is 4.50. The maximum Gasteiger partial charge on any atom is 0.203 e. The fourth-order valence-electron chi connectivity index (χ4n) is 2.27. The molecule has 0 unspecified atom stereocenters. The summed E-state index contributed by atoms with van der Waals surface area (Å²) >= 11 is 1.51. The third-order valence-corrected chi connectivity index (χ3v) is 4.06. The Morgan fingerprint density at radius 3 is 2.85 bits per heavy atom. The molecule has 1 N–H and O–H groups in total. The van der Waals surface area contributed by atoms with Crippen LogP contribution in [0.4, 0.5) is 5.13 Å². The Hall–Kier alpha value is -2.19. The van der Waals surface area contributed by atoms with Crippen molar-refractivity contribution >= 4 is 22.2 Å². The molecule has 3 rings (SSSR count). The minimum Gasteiger partial charge on any atom is -0.253 e. The molecule has 0 aliphatic heterocycles. The van der Waals surface area contributed by atoms with Gasteiger partial charge < -0.3 is 0 Å². The van der Waals surface area contributed by atoms with Gasteiger partial charge in [0.25, 0.3) is 0 Å². The summed E-state index contributed by atoms with van der Waals surface area (Å²) in [7, 11) is 0. The highest BCUT2D eigenvalue weighted by Gasteiger charge is 2.10. The molecule has 4 nitrogen and oxygen atoms in total. The van der Waals surface area contributed by atoms with Crippen LogP contribution in [0.1, 0.15) is 31.2 Å². The molecule has 5 heteroatoms. The molecule has 1 aliphatic rings. The van der Waals surface area contributed by atoms with Gasteiger partial charge in [0.15, 0.2) is 0 Å². The molecule has 2 aromatic rings. The van der Waals surface area contributed by atoms with Crippen LogP contribution in [-0.4, -0.2) is 10.7 Å². The van der Waals surface area contributed by atoms with Crippen LogP contribution in [0.25, 0.3) is 11.3 Å². The summed E-state index contributed by atoms with van der Waals surface area (Å²) in [6, 6.07) is 9.70. The highest BCUT2D eigenvalue weighted by atomic mass is 32.1. The molecule has 1 aromatic carbocycles. The molecule has 0 bridgehead atoms. The van der Waals surface area contributed by atoms with Crippen molar-refractivity contribution in [3.05, 3.63) is 35.2 Å². The average Bonchev–Trinajstić information content (AvgIpc) is 3.16. The molecule has 1 aliphatic carbocycles. The van der Waals surface area contributed by atoms with Crippen LogP contribution in [-0.2, 0) is 0 Å². The molecule has 0 radical (unpaired) electrons. The molecular formula is C15H14N4S. The van der Waals surface area contributed by atoms with Gasteiger partial charge in [-0.2, -0.15) is 10.4 Å². The van der Waals surface area contributed by atoms with E-state index >= 15 is 0 Å². The Bertz CT molecular complexity index is 673. The van der Waals surface area contributed by atoms with Gasteiger partial charge in [0, 0.05) is 16.7 Å². The highest BCUT2D eigenvalue weighted by molar-refractivity contribution is 7.14. The number of rotatable bonds is 3. The fraction of sp³-hybridized carbons (Fsp3) is 0.267. The lowest BCUT2D eigenvalue weighted by Crippen LogP contribution is -1.96. The van der Waals surface area contributed by atoms with E-state index < -0.39 is 0 Å². The van der Waals surface area contributed by atoms with Crippen molar-refractivity contribution in [1.82, 2.24) is 4.98 Å². The van der Waals surface area contributed by atoms with Crippen LogP contribution in [0.15, 0.2) is 34.7 Å². The number of anilines is 1. The maximum atomic E-state index is 9.12. The zero-order valence-corrected chi connectivity index (χ0v) is 11.8. The van der Waals surface area contributed by atoms with Gasteiger partial charge in [-0.05, 0) is 31.7 Å². The Morgan fingerprint density at radius 2 is 2.05 bits per heavy atom. The number of nitrogens with one attached hydrogen (secondary N) is 1. The van der Waals surface area contributed by atoms with E-state index in [0.717, 1.165) is 29.2 Å². The van der Waals surface area contributed by atoms with Crippen LogP contribution >= 0.6 is 11.3 Å². The SMILES string of the molecule is N#Cc1ccccc1-c1csc(NN=C2CCCC2)n1. The summed E-state index contributed by atoms with van der Waals surface area (Å²) in [6.45, 7) is 0. The fourth-order valence-corrected chi connectivity index (χ4v) is 2.93. The minimum absolute atomic E-state index is 0.645. The molecule has 0 spiro atoms. The Morgan fingerprint density at radius 1 is 1.25 bits per heavy atom. The standard InChI is InChI=1S/C15H14N4S/c16-9-11-5-1-4-8-13(11)14-10-20-15(17-14)19-18-12-6-2-3-7-12/h1,4-5,8,10H,2-3,6-7H2,(H,17,19). The number of hydrogen-bond donors (Lipinski definition) is 1. The van der Waals surface area contributed by atoms with Crippen molar-refractivity contribution in [2.45, 2.75) is 25.7 Å². The monoisotopic (exact) mass is 282 g/mol. The number of benzene rings is 1. The van der Waals surface area contributed by atoms with Crippen LogP contribution in [0.2, 0.25) is 0 Å². The quantitative estimate of drug-likeness (QED) is 0.865. The molecule has 0 atom stereocenters. The van der Waals surface area contributed by atoms with Gasteiger partial charge in [-0.1, -0.05) is 18.2 Å². The van der Waals surface area contributed by atoms with Gasteiger partial charge >= 0.3 is 0 Å². The predicted octanol–water partition coefficient (Wildman–Crippen LogP) is 4.02. The second kappa shape index (κ2) is 5.85. The van der Waals surface area contributed by atoms with E-state index in [2.05, 4.69) is 21.6 Å². The van der Waals surface area contributed by atoms with Gasteiger partial charge in [0.2, 0.25) is 5.13 Å². The smallest absolute Gasteiger partial charge is 0.203 e. The first-order valence-corrected chi connectivity index (χ1v) is 7.51. The first-order valence-electron chi connectivity index (χ1n) is 6.63. The lowest BCUT2D eigenvalue weighted by Gasteiger charge is -1.99. The van der Waals surface area contributed by atoms with Crippen molar-refractivity contribution in [2.24, 2.45) is 5.10 Å². The molecule has 1 saturated carbocycles. The van der Waals surface area contributed by atoms with Gasteiger partial charge in [0.1, 0.15) is 0 Å². The van der Waals surface area contributed by atoms with Crippen molar-refractivity contribution in [3.63, 3.8) is 0 Å². The molecule has 0 amide bonds. The Labute approximate surface area is 121 Å². The summed E-state index contributed by atoms with van der Waals surface area (Å²) in [5, 5.41) is 16.2. The maximum absolute atomic E-state index is 9.12. The summed E-state index contributed by atoms with van der Waals surface area (Å²) < 4.78 is 0. The Balaban J connectivity index is 1.80. The van der Waals surface area contributed by atoms with E-state index in [-0.39, 0.29) is 0 Å². The van der Waals surface area contributed by atoms with Crippen LogP contribution in [0.3, 0.4) is 0 Å². The van der Waals surface area contributed by atoms with Gasteiger partial charge in [-0.3, -0.25) is 5.43 Å². The zero-order valence-electron chi connectivity index (χ0n) is 11.0. The molecule has 1 fully saturated rings. The van der Waals surface area contributed by atoms with Gasteiger partial charge in [0.05, 0.1) is 17.3 Å². The summed E-state index contributed by atoms with van der Waals surface area (Å²) in [5.74, 6) is 0. The zero-order chi connectivity index (χ0) is 13.8. The minimum atomic E-state index is 0.645. The number of hydrogen-bond acceptors (Lipinski definition) is 5. The molecular weight excluding hydrogens is 268 g/mol. The number of hydrazone groups is 1. The largest absolute Gasteiger partial charge is 0.253 e. The van der Waals surface area contributed by atoms with Crippen molar-refractivity contribution in [1.29, 1.82) is 5.26 Å². The van der Waals surface area contributed by atoms with E-state index in [9.17, 15) is 0 Å². The molecule has 0 saturated heterocycles. The number of thiazole rings is 1.